The third-order valence-corrected chi connectivity index (χ3v) is 4.94. The molecule has 2 saturated heterocycles. The summed E-state index contributed by atoms with van der Waals surface area (Å²) >= 11 is 0. The molecule has 0 aromatic heterocycles. The van der Waals surface area contributed by atoms with E-state index in [2.05, 4.69) is 16.3 Å². The highest BCUT2D eigenvalue weighted by Gasteiger charge is 2.27. The summed E-state index contributed by atoms with van der Waals surface area (Å²) < 4.78 is 10.9. The maximum atomic E-state index is 12.2. The van der Waals surface area contributed by atoms with E-state index in [-0.39, 0.29) is 6.09 Å². The second kappa shape index (κ2) is 8.25. The number of nitrogens with zero attached hydrogens (tertiary/aromatic N) is 2. The van der Waals surface area contributed by atoms with Gasteiger partial charge in [0.1, 0.15) is 5.60 Å². The number of carbonyl (C=O) groups is 1. The molecule has 150 valence electrons. The Balaban J connectivity index is 1.57. The monoisotopic (exact) mass is 376 g/mol. The molecule has 2 aliphatic heterocycles. The lowest BCUT2D eigenvalue weighted by Crippen LogP contribution is -2.44. The Morgan fingerprint density at radius 2 is 1.85 bits per heavy atom. The standard InChI is InChI=1S/C20H32N4O3/c1-20(2,3)27-19(25)24-9-7-15(8-10-24)22-16-5-4-6-17(18(16)21)23-11-13-26-14-12-23/h4-6,15,22H,7-14,21H2,1-3H3. The molecular weight excluding hydrogens is 344 g/mol. The van der Waals surface area contributed by atoms with E-state index >= 15 is 0 Å². The Bertz CT molecular complexity index is 645. The number of hydrogen-bond donors (Lipinski definition) is 2. The van der Waals surface area contributed by atoms with E-state index in [1.54, 1.807) is 4.90 Å². The lowest BCUT2D eigenvalue weighted by molar-refractivity contribution is 0.0210. The topological polar surface area (TPSA) is 80.1 Å². The van der Waals surface area contributed by atoms with Crippen LogP contribution in [0.15, 0.2) is 18.2 Å². The second-order valence-corrected chi connectivity index (χ2v) is 8.22. The summed E-state index contributed by atoms with van der Waals surface area (Å²) in [6, 6.07) is 6.43. The number of morpholine rings is 1. The summed E-state index contributed by atoms with van der Waals surface area (Å²) in [5.74, 6) is 0. The number of para-hydroxylation sites is 1. The smallest absolute Gasteiger partial charge is 0.410 e. The van der Waals surface area contributed by atoms with Crippen molar-refractivity contribution in [3.8, 4) is 0 Å². The van der Waals surface area contributed by atoms with E-state index < -0.39 is 5.60 Å². The van der Waals surface area contributed by atoms with Gasteiger partial charge in [0, 0.05) is 32.2 Å². The average Bonchev–Trinajstić information content (AvgIpc) is 2.63. The minimum atomic E-state index is -0.458. The van der Waals surface area contributed by atoms with Crippen molar-refractivity contribution in [2.24, 2.45) is 0 Å². The number of nitrogens with one attached hydrogen (secondary N) is 1. The van der Waals surface area contributed by atoms with Crippen molar-refractivity contribution in [2.75, 3.05) is 55.3 Å². The van der Waals surface area contributed by atoms with E-state index in [4.69, 9.17) is 15.2 Å². The first-order chi connectivity index (χ1) is 12.8. The number of piperidine rings is 1. The van der Waals surface area contributed by atoms with Crippen LogP contribution in [0.2, 0.25) is 0 Å². The highest BCUT2D eigenvalue weighted by atomic mass is 16.6. The van der Waals surface area contributed by atoms with Crippen LogP contribution in [0.4, 0.5) is 21.9 Å². The van der Waals surface area contributed by atoms with Crippen molar-refractivity contribution in [3.63, 3.8) is 0 Å². The number of anilines is 3. The number of hydrogen-bond acceptors (Lipinski definition) is 6. The van der Waals surface area contributed by atoms with Gasteiger partial charge in [-0.05, 0) is 45.7 Å². The van der Waals surface area contributed by atoms with Gasteiger partial charge in [-0.3, -0.25) is 0 Å². The Hall–Kier alpha value is -2.15. The molecule has 27 heavy (non-hydrogen) atoms. The molecule has 7 heteroatoms. The first-order valence-electron chi connectivity index (χ1n) is 9.79. The lowest BCUT2D eigenvalue weighted by atomic mass is 10.0. The SMILES string of the molecule is CC(C)(C)OC(=O)N1CCC(Nc2cccc(N3CCOCC3)c2N)CC1. The van der Waals surface area contributed by atoms with Crippen LogP contribution in [-0.4, -0.2) is 62.0 Å². The summed E-state index contributed by atoms with van der Waals surface area (Å²) in [5.41, 5.74) is 8.81. The predicted octanol–water partition coefficient (Wildman–Crippen LogP) is 2.92. The highest BCUT2D eigenvalue weighted by molar-refractivity contribution is 5.81. The second-order valence-electron chi connectivity index (χ2n) is 8.22. The third-order valence-electron chi connectivity index (χ3n) is 4.94. The van der Waals surface area contributed by atoms with Crippen LogP contribution in [0.1, 0.15) is 33.6 Å². The average molecular weight is 377 g/mol. The van der Waals surface area contributed by atoms with E-state index in [1.807, 2.05) is 32.9 Å². The molecule has 0 atom stereocenters. The van der Waals surface area contributed by atoms with Crippen LogP contribution >= 0.6 is 0 Å². The highest BCUT2D eigenvalue weighted by Crippen LogP contribution is 2.32. The summed E-state index contributed by atoms with van der Waals surface area (Å²) in [4.78, 5) is 16.3. The van der Waals surface area contributed by atoms with Gasteiger partial charge in [0.25, 0.3) is 0 Å². The largest absolute Gasteiger partial charge is 0.444 e. The van der Waals surface area contributed by atoms with Gasteiger partial charge in [-0.1, -0.05) is 6.07 Å². The minimum absolute atomic E-state index is 0.227. The van der Waals surface area contributed by atoms with E-state index in [1.165, 1.54) is 0 Å². The summed E-state index contributed by atoms with van der Waals surface area (Å²) in [7, 11) is 0. The zero-order chi connectivity index (χ0) is 19.4. The molecule has 0 saturated carbocycles. The molecule has 1 aromatic rings. The van der Waals surface area contributed by atoms with Gasteiger partial charge in [0.2, 0.25) is 0 Å². The number of nitrogen functional groups attached to an aromatic ring is 1. The van der Waals surface area contributed by atoms with E-state index in [0.29, 0.717) is 19.1 Å². The number of likely N-dealkylation sites (tertiary alicyclic amines) is 1. The Morgan fingerprint density at radius 1 is 1.19 bits per heavy atom. The molecule has 7 nitrogen and oxygen atoms in total. The fraction of sp³-hybridized carbons (Fsp3) is 0.650. The number of benzene rings is 1. The molecule has 2 heterocycles. The van der Waals surface area contributed by atoms with Crippen LogP contribution in [0.25, 0.3) is 0 Å². The molecule has 3 rings (SSSR count). The van der Waals surface area contributed by atoms with Gasteiger partial charge in [0.05, 0.1) is 30.3 Å². The zero-order valence-electron chi connectivity index (χ0n) is 16.7. The van der Waals surface area contributed by atoms with Crippen molar-refractivity contribution in [2.45, 2.75) is 45.3 Å². The van der Waals surface area contributed by atoms with Crippen LogP contribution < -0.4 is 16.0 Å². The van der Waals surface area contributed by atoms with Crippen molar-refractivity contribution in [1.82, 2.24) is 4.90 Å². The molecule has 0 spiro atoms. The first kappa shape index (κ1) is 19.6. The molecule has 0 bridgehead atoms. The molecule has 0 radical (unpaired) electrons. The van der Waals surface area contributed by atoms with E-state index in [0.717, 1.165) is 56.2 Å². The van der Waals surface area contributed by atoms with Gasteiger partial charge in [0.15, 0.2) is 0 Å². The van der Waals surface area contributed by atoms with Gasteiger partial charge >= 0.3 is 6.09 Å². The maximum Gasteiger partial charge on any atom is 0.410 e. The minimum Gasteiger partial charge on any atom is -0.444 e. The van der Waals surface area contributed by atoms with Crippen LogP contribution in [0, 0.1) is 0 Å². The molecule has 0 aliphatic carbocycles. The molecule has 1 aromatic carbocycles. The van der Waals surface area contributed by atoms with Crippen molar-refractivity contribution in [3.05, 3.63) is 18.2 Å². The lowest BCUT2D eigenvalue weighted by Gasteiger charge is -2.35. The number of nitrogens with two attached hydrogens (primary N) is 1. The quantitative estimate of drug-likeness (QED) is 0.790. The van der Waals surface area contributed by atoms with Gasteiger partial charge < -0.3 is 30.3 Å². The van der Waals surface area contributed by atoms with Gasteiger partial charge in [-0.25, -0.2) is 4.79 Å². The Morgan fingerprint density at radius 3 is 2.48 bits per heavy atom. The van der Waals surface area contributed by atoms with Gasteiger partial charge in [-0.2, -0.15) is 0 Å². The molecule has 2 aliphatic rings. The van der Waals surface area contributed by atoms with Gasteiger partial charge in [-0.15, -0.1) is 0 Å². The van der Waals surface area contributed by atoms with Crippen molar-refractivity contribution in [1.29, 1.82) is 0 Å². The molecule has 0 unspecified atom stereocenters. The maximum absolute atomic E-state index is 12.2. The number of rotatable bonds is 3. The number of amides is 1. The normalized spacial score (nSPS) is 19.1. The Labute approximate surface area is 161 Å². The molecular formula is C20H32N4O3. The summed E-state index contributed by atoms with van der Waals surface area (Å²) in [6.45, 7) is 10.3. The molecule has 3 N–H and O–H groups in total. The zero-order valence-corrected chi connectivity index (χ0v) is 16.7. The van der Waals surface area contributed by atoms with Crippen molar-refractivity contribution < 1.29 is 14.3 Å². The van der Waals surface area contributed by atoms with E-state index in [9.17, 15) is 4.79 Å². The Kier molecular flexibility index (Phi) is 5.99. The summed E-state index contributed by atoms with van der Waals surface area (Å²) in [5, 5.41) is 3.57. The predicted molar refractivity (Wildman–Crippen MR) is 108 cm³/mol. The third kappa shape index (κ3) is 5.19. The number of carbonyl (C=O) groups excluding carboxylic acids is 1. The fourth-order valence-corrected chi connectivity index (χ4v) is 3.51. The van der Waals surface area contributed by atoms with Crippen molar-refractivity contribution >= 4 is 23.2 Å². The van der Waals surface area contributed by atoms with Crippen LogP contribution in [0.3, 0.4) is 0 Å². The molecule has 1 amide bonds. The summed E-state index contributed by atoms with van der Waals surface area (Å²) in [6.07, 6.45) is 1.52. The van der Waals surface area contributed by atoms with Crippen LogP contribution in [-0.2, 0) is 9.47 Å². The fourth-order valence-electron chi connectivity index (χ4n) is 3.51. The first-order valence-corrected chi connectivity index (χ1v) is 9.79. The molecule has 2 fully saturated rings. The van der Waals surface area contributed by atoms with Crippen LogP contribution in [0.5, 0.6) is 0 Å². The number of ether oxygens (including phenoxy) is 2.